The fourth-order valence-electron chi connectivity index (χ4n) is 2.12. The van der Waals surface area contributed by atoms with E-state index >= 15 is 0 Å². The molecule has 0 aliphatic heterocycles. The van der Waals surface area contributed by atoms with Gasteiger partial charge in [-0.3, -0.25) is 4.79 Å². The lowest BCUT2D eigenvalue weighted by Crippen LogP contribution is -2.36. The zero-order valence-corrected chi connectivity index (χ0v) is 14.5. The summed E-state index contributed by atoms with van der Waals surface area (Å²) >= 11 is 3.43. The maximum absolute atomic E-state index is 12.2. The number of carbonyl (C=O) groups excluding carboxylic acids is 1. The number of benzene rings is 1. The van der Waals surface area contributed by atoms with E-state index in [1.165, 1.54) is 6.20 Å². The summed E-state index contributed by atoms with van der Waals surface area (Å²) in [6.45, 7) is 2.14. The SMILES string of the molecule is C[C@H](NC(=O)CN(C)c1ccc(C#N)cn1)c1cccc(Br)c1. The summed E-state index contributed by atoms with van der Waals surface area (Å²) in [5, 5.41) is 11.7. The van der Waals surface area contributed by atoms with Crippen LogP contribution in [0.5, 0.6) is 0 Å². The second kappa shape index (κ2) is 7.75. The highest BCUT2D eigenvalue weighted by Crippen LogP contribution is 2.18. The molecule has 0 saturated carbocycles. The second-order valence-corrected chi connectivity index (χ2v) is 6.13. The van der Waals surface area contributed by atoms with E-state index < -0.39 is 0 Å². The van der Waals surface area contributed by atoms with Gasteiger partial charge in [-0.25, -0.2) is 4.98 Å². The van der Waals surface area contributed by atoms with Crippen LogP contribution in [0.15, 0.2) is 47.1 Å². The Morgan fingerprint density at radius 2 is 2.22 bits per heavy atom. The molecule has 0 unspecified atom stereocenters. The predicted octanol–water partition coefficient (Wildman–Crippen LogP) is 3.03. The number of nitrogens with one attached hydrogen (secondary N) is 1. The monoisotopic (exact) mass is 372 g/mol. The van der Waals surface area contributed by atoms with Gasteiger partial charge in [0.15, 0.2) is 0 Å². The largest absolute Gasteiger partial charge is 0.350 e. The standard InChI is InChI=1S/C17H17BrN4O/c1-12(14-4-3-5-15(18)8-14)21-17(23)11-22(2)16-7-6-13(9-19)10-20-16/h3-8,10,12H,11H2,1-2H3,(H,21,23)/t12-/m0/s1. The highest BCUT2D eigenvalue weighted by Gasteiger charge is 2.13. The van der Waals surface area contributed by atoms with Crippen molar-refractivity contribution in [3.05, 3.63) is 58.2 Å². The zero-order chi connectivity index (χ0) is 16.8. The Kier molecular flexibility index (Phi) is 5.72. The molecule has 0 bridgehead atoms. The number of nitriles is 1. The van der Waals surface area contributed by atoms with Gasteiger partial charge in [-0.15, -0.1) is 0 Å². The Hall–Kier alpha value is -2.39. The molecule has 1 heterocycles. The van der Waals surface area contributed by atoms with Crippen molar-refractivity contribution in [1.29, 1.82) is 5.26 Å². The molecule has 0 spiro atoms. The van der Waals surface area contributed by atoms with E-state index in [1.54, 1.807) is 24.1 Å². The molecule has 2 rings (SSSR count). The molecular formula is C17H17BrN4O. The normalized spacial score (nSPS) is 11.4. The van der Waals surface area contributed by atoms with E-state index in [2.05, 4.69) is 26.2 Å². The summed E-state index contributed by atoms with van der Waals surface area (Å²) in [7, 11) is 1.79. The van der Waals surface area contributed by atoms with Crippen molar-refractivity contribution in [1.82, 2.24) is 10.3 Å². The topological polar surface area (TPSA) is 69.0 Å². The molecule has 0 aliphatic rings. The fraction of sp³-hybridized carbons (Fsp3) is 0.235. The minimum Gasteiger partial charge on any atom is -0.350 e. The van der Waals surface area contributed by atoms with Crippen molar-refractivity contribution < 1.29 is 4.79 Å². The zero-order valence-electron chi connectivity index (χ0n) is 13.0. The number of pyridine rings is 1. The number of nitrogens with zero attached hydrogens (tertiary/aromatic N) is 3. The van der Waals surface area contributed by atoms with Crippen molar-refractivity contribution in [2.45, 2.75) is 13.0 Å². The third-order valence-electron chi connectivity index (χ3n) is 3.38. The fourth-order valence-corrected chi connectivity index (χ4v) is 2.54. The molecule has 0 radical (unpaired) electrons. The van der Waals surface area contributed by atoms with Crippen LogP contribution >= 0.6 is 15.9 Å². The summed E-state index contributed by atoms with van der Waals surface area (Å²) < 4.78 is 0.981. The molecule has 0 aliphatic carbocycles. The third kappa shape index (κ3) is 4.80. The molecule has 1 atom stereocenters. The maximum Gasteiger partial charge on any atom is 0.240 e. The number of anilines is 1. The van der Waals surface area contributed by atoms with Crippen LogP contribution in [-0.2, 0) is 4.79 Å². The van der Waals surface area contributed by atoms with Crippen molar-refractivity contribution in [2.24, 2.45) is 0 Å². The van der Waals surface area contributed by atoms with Gasteiger partial charge < -0.3 is 10.2 Å². The van der Waals surface area contributed by atoms with Gasteiger partial charge in [-0.2, -0.15) is 5.26 Å². The van der Waals surface area contributed by atoms with Gasteiger partial charge in [0, 0.05) is 17.7 Å². The summed E-state index contributed by atoms with van der Waals surface area (Å²) in [5.41, 5.74) is 1.53. The highest BCUT2D eigenvalue weighted by atomic mass is 79.9. The van der Waals surface area contributed by atoms with Crippen LogP contribution in [0.25, 0.3) is 0 Å². The Bertz CT molecular complexity index is 724. The van der Waals surface area contributed by atoms with Crippen molar-refractivity contribution in [3.63, 3.8) is 0 Å². The molecule has 23 heavy (non-hydrogen) atoms. The first-order valence-corrected chi connectivity index (χ1v) is 7.91. The molecular weight excluding hydrogens is 356 g/mol. The van der Waals surface area contributed by atoms with Crippen molar-refractivity contribution in [3.8, 4) is 6.07 Å². The minimum atomic E-state index is -0.0915. The summed E-state index contributed by atoms with van der Waals surface area (Å²) in [5.74, 6) is 0.556. The van der Waals surface area contributed by atoms with E-state index in [9.17, 15) is 4.79 Å². The summed E-state index contributed by atoms with van der Waals surface area (Å²) in [6, 6.07) is 13.2. The summed E-state index contributed by atoms with van der Waals surface area (Å²) in [6.07, 6.45) is 1.49. The Morgan fingerprint density at radius 1 is 1.43 bits per heavy atom. The molecule has 1 amide bonds. The summed E-state index contributed by atoms with van der Waals surface area (Å²) in [4.78, 5) is 18.1. The number of likely N-dealkylation sites (N-methyl/N-ethyl adjacent to an activating group) is 1. The van der Waals surface area contributed by atoms with Gasteiger partial charge in [-0.1, -0.05) is 28.1 Å². The minimum absolute atomic E-state index is 0.0812. The van der Waals surface area contributed by atoms with E-state index in [-0.39, 0.29) is 18.5 Å². The number of halogens is 1. The molecule has 2 aromatic rings. The van der Waals surface area contributed by atoms with Crippen LogP contribution in [0.1, 0.15) is 24.1 Å². The van der Waals surface area contributed by atoms with Crippen LogP contribution in [0.4, 0.5) is 5.82 Å². The number of hydrogen-bond acceptors (Lipinski definition) is 4. The van der Waals surface area contributed by atoms with Gasteiger partial charge in [0.2, 0.25) is 5.91 Å². The lowest BCUT2D eigenvalue weighted by molar-refractivity contribution is -0.120. The lowest BCUT2D eigenvalue weighted by atomic mass is 10.1. The van der Waals surface area contributed by atoms with Gasteiger partial charge in [0.1, 0.15) is 11.9 Å². The van der Waals surface area contributed by atoms with Gasteiger partial charge in [-0.05, 0) is 36.8 Å². The average Bonchev–Trinajstić information content (AvgIpc) is 2.54. The Labute approximate surface area is 144 Å². The van der Waals surface area contributed by atoms with Crippen molar-refractivity contribution in [2.75, 3.05) is 18.5 Å². The van der Waals surface area contributed by atoms with Crippen LogP contribution in [0.3, 0.4) is 0 Å². The van der Waals surface area contributed by atoms with Crippen molar-refractivity contribution >= 4 is 27.7 Å². The number of carbonyl (C=O) groups is 1. The Morgan fingerprint density at radius 3 is 2.83 bits per heavy atom. The second-order valence-electron chi connectivity index (χ2n) is 5.22. The molecule has 0 saturated heterocycles. The molecule has 0 fully saturated rings. The molecule has 1 N–H and O–H groups in total. The predicted molar refractivity (Wildman–Crippen MR) is 92.9 cm³/mol. The molecule has 1 aromatic heterocycles. The van der Waals surface area contributed by atoms with Crippen LogP contribution < -0.4 is 10.2 Å². The van der Waals surface area contributed by atoms with Gasteiger partial charge >= 0.3 is 0 Å². The van der Waals surface area contributed by atoms with E-state index in [4.69, 9.17) is 5.26 Å². The number of hydrogen-bond donors (Lipinski definition) is 1. The Balaban J connectivity index is 1.94. The maximum atomic E-state index is 12.2. The number of amides is 1. The lowest BCUT2D eigenvalue weighted by Gasteiger charge is -2.20. The van der Waals surface area contributed by atoms with E-state index in [0.717, 1.165) is 10.0 Å². The number of rotatable bonds is 5. The quantitative estimate of drug-likeness (QED) is 0.875. The van der Waals surface area contributed by atoms with Crippen LogP contribution in [0.2, 0.25) is 0 Å². The average molecular weight is 373 g/mol. The van der Waals surface area contributed by atoms with Crippen LogP contribution in [-0.4, -0.2) is 24.5 Å². The first-order chi connectivity index (χ1) is 11.0. The van der Waals surface area contributed by atoms with Gasteiger partial charge in [0.25, 0.3) is 0 Å². The first-order valence-electron chi connectivity index (χ1n) is 7.11. The smallest absolute Gasteiger partial charge is 0.240 e. The first kappa shape index (κ1) is 17.0. The van der Waals surface area contributed by atoms with Gasteiger partial charge in [0.05, 0.1) is 18.2 Å². The van der Waals surface area contributed by atoms with E-state index in [0.29, 0.717) is 11.4 Å². The number of aromatic nitrogens is 1. The molecule has 5 nitrogen and oxygen atoms in total. The van der Waals surface area contributed by atoms with Crippen LogP contribution in [0, 0.1) is 11.3 Å². The molecule has 118 valence electrons. The third-order valence-corrected chi connectivity index (χ3v) is 3.87. The molecule has 6 heteroatoms. The highest BCUT2D eigenvalue weighted by molar-refractivity contribution is 9.10. The van der Waals surface area contributed by atoms with E-state index in [1.807, 2.05) is 37.3 Å². The molecule has 1 aromatic carbocycles.